The Morgan fingerprint density at radius 2 is 1.75 bits per heavy atom. The molecule has 1 aromatic carbocycles. The van der Waals surface area contributed by atoms with Gasteiger partial charge in [0.05, 0.1) is 24.0 Å². The normalized spacial score (nSPS) is 15.9. The molecule has 2 N–H and O–H groups in total. The smallest absolute Gasteiger partial charge is 0.387 e. The number of aliphatic hydroxyl groups excluding tert-OH is 1. The average Bonchev–Trinajstić information content (AvgIpc) is 2.33. The van der Waals surface area contributed by atoms with Gasteiger partial charge in [0.25, 0.3) is 0 Å². The first-order chi connectivity index (χ1) is 9.04. The summed E-state index contributed by atoms with van der Waals surface area (Å²) in [5.74, 6) is 0. The van der Waals surface area contributed by atoms with Crippen molar-refractivity contribution in [1.29, 1.82) is 0 Å². The molecule has 114 valence electrons. The summed E-state index contributed by atoms with van der Waals surface area (Å²) in [7, 11) is -3.51. The van der Waals surface area contributed by atoms with E-state index in [1.807, 2.05) is 0 Å². The molecule has 0 aromatic heterocycles. The minimum absolute atomic E-state index is 0.223. The monoisotopic (exact) mass is 311 g/mol. The fourth-order valence-electron chi connectivity index (χ4n) is 1.75. The van der Waals surface area contributed by atoms with Crippen molar-refractivity contribution in [3.05, 3.63) is 35.4 Å². The second-order valence-corrected chi connectivity index (χ2v) is 6.25. The maximum Gasteiger partial charge on any atom is 0.416 e. The zero-order valence-corrected chi connectivity index (χ0v) is 11.8. The number of hydrogen-bond donors (Lipinski definition) is 2. The first-order valence-electron chi connectivity index (χ1n) is 5.87. The van der Waals surface area contributed by atoms with Crippen LogP contribution >= 0.6 is 0 Å². The molecule has 0 saturated carbocycles. The second-order valence-electron chi connectivity index (χ2n) is 4.47. The highest BCUT2D eigenvalue weighted by molar-refractivity contribution is 7.88. The molecule has 0 spiro atoms. The molecule has 2 atom stereocenters. The third-order valence-electron chi connectivity index (χ3n) is 2.77. The lowest BCUT2D eigenvalue weighted by Crippen LogP contribution is -2.38. The first kappa shape index (κ1) is 16.9. The third kappa shape index (κ3) is 4.77. The zero-order valence-electron chi connectivity index (χ0n) is 11.0. The molecule has 0 amide bonds. The number of halogens is 3. The Balaban J connectivity index is 2.93. The van der Waals surface area contributed by atoms with Crippen LogP contribution in [0.1, 0.15) is 30.6 Å². The lowest BCUT2D eigenvalue weighted by atomic mass is 10.00. The van der Waals surface area contributed by atoms with Crippen molar-refractivity contribution in [2.45, 2.75) is 31.7 Å². The molecular formula is C12H16F3NO3S. The van der Waals surface area contributed by atoms with Crippen molar-refractivity contribution < 1.29 is 26.7 Å². The standard InChI is InChI=1S/C12H16F3NO3S/c1-3-10(16-20(2,18)19)11(17)8-4-6-9(7-5-8)12(13,14)15/h4-7,10-11,16-17H,3H2,1-2H3. The summed E-state index contributed by atoms with van der Waals surface area (Å²) in [5, 5.41) is 10.0. The van der Waals surface area contributed by atoms with E-state index in [1.165, 1.54) is 0 Å². The van der Waals surface area contributed by atoms with Gasteiger partial charge in [0.1, 0.15) is 0 Å². The Bertz CT molecular complexity index is 540. The van der Waals surface area contributed by atoms with Gasteiger partial charge >= 0.3 is 6.18 Å². The van der Waals surface area contributed by atoms with Crippen LogP contribution in [0, 0.1) is 0 Å². The van der Waals surface area contributed by atoms with Gasteiger partial charge in [-0.15, -0.1) is 0 Å². The second kappa shape index (κ2) is 6.11. The van der Waals surface area contributed by atoms with Crippen LogP contribution in [-0.2, 0) is 16.2 Å². The molecule has 0 aliphatic heterocycles. The number of nitrogens with one attached hydrogen (secondary N) is 1. The molecule has 20 heavy (non-hydrogen) atoms. The molecule has 2 unspecified atom stereocenters. The molecular weight excluding hydrogens is 295 g/mol. The van der Waals surface area contributed by atoms with Crippen LogP contribution < -0.4 is 4.72 Å². The topological polar surface area (TPSA) is 66.4 Å². The lowest BCUT2D eigenvalue weighted by molar-refractivity contribution is -0.137. The van der Waals surface area contributed by atoms with Crippen LogP contribution in [-0.4, -0.2) is 25.8 Å². The Kier molecular flexibility index (Phi) is 5.17. The highest BCUT2D eigenvalue weighted by atomic mass is 32.2. The van der Waals surface area contributed by atoms with E-state index in [9.17, 15) is 26.7 Å². The van der Waals surface area contributed by atoms with Crippen LogP contribution in [0.4, 0.5) is 13.2 Å². The Morgan fingerprint density at radius 3 is 2.10 bits per heavy atom. The van der Waals surface area contributed by atoms with Gasteiger partial charge in [-0.2, -0.15) is 13.2 Å². The first-order valence-corrected chi connectivity index (χ1v) is 7.76. The van der Waals surface area contributed by atoms with Gasteiger partial charge in [0.15, 0.2) is 0 Å². The Labute approximate surface area is 115 Å². The summed E-state index contributed by atoms with van der Waals surface area (Å²) in [6, 6.07) is 3.19. The van der Waals surface area contributed by atoms with E-state index in [1.54, 1.807) is 6.92 Å². The Morgan fingerprint density at radius 1 is 1.25 bits per heavy atom. The number of hydrogen-bond acceptors (Lipinski definition) is 3. The highest BCUT2D eigenvalue weighted by Gasteiger charge is 2.30. The quantitative estimate of drug-likeness (QED) is 0.875. The molecule has 1 aromatic rings. The van der Waals surface area contributed by atoms with Crippen molar-refractivity contribution in [1.82, 2.24) is 4.72 Å². The molecule has 0 aliphatic carbocycles. The van der Waals surface area contributed by atoms with Crippen molar-refractivity contribution in [3.8, 4) is 0 Å². The van der Waals surface area contributed by atoms with Crippen LogP contribution in [0.2, 0.25) is 0 Å². The van der Waals surface area contributed by atoms with Gasteiger partial charge in [-0.25, -0.2) is 13.1 Å². The van der Waals surface area contributed by atoms with Gasteiger partial charge in [0, 0.05) is 0 Å². The number of benzene rings is 1. The van der Waals surface area contributed by atoms with Gasteiger partial charge < -0.3 is 5.11 Å². The highest BCUT2D eigenvalue weighted by Crippen LogP contribution is 2.30. The zero-order chi connectivity index (χ0) is 15.6. The van der Waals surface area contributed by atoms with Gasteiger partial charge in [-0.1, -0.05) is 19.1 Å². The van der Waals surface area contributed by atoms with E-state index < -0.39 is 33.9 Å². The van der Waals surface area contributed by atoms with Crippen molar-refractivity contribution in [2.24, 2.45) is 0 Å². The van der Waals surface area contributed by atoms with Crippen LogP contribution in [0.5, 0.6) is 0 Å². The predicted molar refractivity (Wildman–Crippen MR) is 68.5 cm³/mol. The molecule has 0 heterocycles. The van der Waals surface area contributed by atoms with E-state index >= 15 is 0 Å². The SMILES string of the molecule is CCC(NS(C)(=O)=O)C(O)c1ccc(C(F)(F)F)cc1. The Hall–Kier alpha value is -1.12. The number of alkyl halides is 3. The van der Waals surface area contributed by atoms with E-state index in [0.717, 1.165) is 30.5 Å². The summed E-state index contributed by atoms with van der Waals surface area (Å²) < 4.78 is 61.8. The lowest BCUT2D eigenvalue weighted by Gasteiger charge is -2.22. The maximum absolute atomic E-state index is 12.4. The minimum atomic E-state index is -4.45. The van der Waals surface area contributed by atoms with Crippen LogP contribution in [0.25, 0.3) is 0 Å². The van der Waals surface area contributed by atoms with Crippen LogP contribution in [0.15, 0.2) is 24.3 Å². The largest absolute Gasteiger partial charge is 0.416 e. The molecule has 8 heteroatoms. The minimum Gasteiger partial charge on any atom is -0.387 e. The number of sulfonamides is 1. The number of aliphatic hydroxyl groups is 1. The van der Waals surface area contributed by atoms with Crippen molar-refractivity contribution >= 4 is 10.0 Å². The third-order valence-corrected chi connectivity index (χ3v) is 3.50. The fraction of sp³-hybridized carbons (Fsp3) is 0.500. The summed E-state index contributed by atoms with van der Waals surface area (Å²) in [6.45, 7) is 1.66. The van der Waals surface area contributed by atoms with Gasteiger partial charge in [-0.3, -0.25) is 0 Å². The molecule has 1 rings (SSSR count). The molecule has 0 radical (unpaired) electrons. The number of rotatable bonds is 5. The van der Waals surface area contributed by atoms with Gasteiger partial charge in [-0.05, 0) is 24.1 Å². The average molecular weight is 311 g/mol. The summed E-state index contributed by atoms with van der Waals surface area (Å²) in [6.07, 6.45) is -4.40. The van der Waals surface area contributed by atoms with Crippen molar-refractivity contribution in [2.75, 3.05) is 6.26 Å². The van der Waals surface area contributed by atoms with Crippen molar-refractivity contribution in [3.63, 3.8) is 0 Å². The van der Waals surface area contributed by atoms with Crippen LogP contribution in [0.3, 0.4) is 0 Å². The van der Waals surface area contributed by atoms with E-state index in [-0.39, 0.29) is 5.56 Å². The molecule has 0 saturated heterocycles. The van der Waals surface area contributed by atoms with Gasteiger partial charge in [0.2, 0.25) is 10.0 Å². The fourth-order valence-corrected chi connectivity index (χ4v) is 2.59. The predicted octanol–water partition coefficient (Wildman–Crippen LogP) is 2.07. The maximum atomic E-state index is 12.4. The molecule has 0 aliphatic rings. The summed E-state index contributed by atoms with van der Waals surface area (Å²) >= 11 is 0. The van der Waals surface area contributed by atoms with E-state index in [4.69, 9.17) is 0 Å². The molecule has 0 fully saturated rings. The summed E-state index contributed by atoms with van der Waals surface area (Å²) in [4.78, 5) is 0. The van der Waals surface area contributed by atoms with E-state index in [2.05, 4.69) is 4.72 Å². The van der Waals surface area contributed by atoms with E-state index in [0.29, 0.717) is 6.42 Å². The molecule has 0 bridgehead atoms. The molecule has 4 nitrogen and oxygen atoms in total. The summed E-state index contributed by atoms with van der Waals surface area (Å²) in [5.41, 5.74) is -0.599.